The third-order valence-electron chi connectivity index (χ3n) is 7.04. The lowest BCUT2D eigenvalue weighted by Crippen LogP contribution is -2.43. The molecule has 250 valence electrons. The molecule has 0 aliphatic carbocycles. The van der Waals surface area contributed by atoms with E-state index in [1.807, 2.05) is 56.3 Å². The number of nitrogens with zero attached hydrogens (tertiary/aromatic N) is 1. The van der Waals surface area contributed by atoms with Gasteiger partial charge in [0.1, 0.15) is 17.0 Å². The molecule has 0 aliphatic heterocycles. The summed E-state index contributed by atoms with van der Waals surface area (Å²) < 4.78 is 16.3. The third-order valence-corrected chi connectivity index (χ3v) is 7.04. The SMILES string of the molecule is CC(CCN(CCC(C)NC(=O)OC(C)(C)C)C(=O)CCC(=O)Oc1ccc2ccc3ccccc3c2c1)NC(=O)OC(C)(C)C. The van der Waals surface area contributed by atoms with Crippen molar-refractivity contribution < 1.29 is 33.4 Å². The highest BCUT2D eigenvalue weighted by Crippen LogP contribution is 2.29. The van der Waals surface area contributed by atoms with Crippen molar-refractivity contribution in [2.24, 2.45) is 0 Å². The molecule has 3 rings (SSSR count). The van der Waals surface area contributed by atoms with Crippen LogP contribution in [-0.2, 0) is 19.1 Å². The number of esters is 1. The van der Waals surface area contributed by atoms with E-state index in [2.05, 4.69) is 16.7 Å². The Balaban J connectivity index is 1.60. The predicted octanol–water partition coefficient (Wildman–Crippen LogP) is 7.11. The summed E-state index contributed by atoms with van der Waals surface area (Å²) in [4.78, 5) is 52.3. The number of alkyl carbamates (subject to hydrolysis) is 2. The van der Waals surface area contributed by atoms with Crippen molar-refractivity contribution in [1.29, 1.82) is 0 Å². The lowest BCUT2D eigenvalue weighted by Gasteiger charge is -2.27. The molecule has 2 atom stereocenters. The van der Waals surface area contributed by atoms with E-state index in [0.717, 1.165) is 21.5 Å². The number of nitrogens with one attached hydrogen (secondary N) is 2. The van der Waals surface area contributed by atoms with Crippen LogP contribution in [0.2, 0.25) is 0 Å². The summed E-state index contributed by atoms with van der Waals surface area (Å²) >= 11 is 0. The Morgan fingerprint density at radius 3 is 1.74 bits per heavy atom. The Labute approximate surface area is 272 Å². The van der Waals surface area contributed by atoms with Crippen molar-refractivity contribution >= 4 is 45.6 Å². The molecule has 0 heterocycles. The van der Waals surface area contributed by atoms with Crippen LogP contribution in [0.1, 0.15) is 81.1 Å². The number of carbonyl (C=O) groups excluding carboxylic acids is 4. The maximum absolute atomic E-state index is 13.4. The average molecular weight is 636 g/mol. The van der Waals surface area contributed by atoms with Gasteiger partial charge in [0.25, 0.3) is 0 Å². The second-order valence-corrected chi connectivity index (χ2v) is 13.7. The van der Waals surface area contributed by atoms with Crippen LogP contribution in [0.15, 0.2) is 54.6 Å². The number of carbonyl (C=O) groups is 4. The van der Waals surface area contributed by atoms with E-state index in [-0.39, 0.29) is 30.8 Å². The largest absolute Gasteiger partial charge is 0.444 e. The minimum atomic E-state index is -0.627. The monoisotopic (exact) mass is 635 g/mol. The molecule has 0 saturated heterocycles. The van der Waals surface area contributed by atoms with Crippen molar-refractivity contribution in [2.45, 2.75) is 104 Å². The molecule has 3 amide bonds. The van der Waals surface area contributed by atoms with Crippen LogP contribution in [0.4, 0.5) is 9.59 Å². The number of hydrogen-bond donors (Lipinski definition) is 2. The van der Waals surface area contributed by atoms with Gasteiger partial charge in [0.2, 0.25) is 5.91 Å². The average Bonchev–Trinajstić information content (AvgIpc) is 2.93. The van der Waals surface area contributed by atoms with E-state index >= 15 is 0 Å². The topological polar surface area (TPSA) is 123 Å². The Bertz CT molecular complexity index is 1480. The standard InChI is InChI=1S/C36H49N3O7/c1-24(37-33(42)45-35(3,4)5)19-21-39(22-20-25(2)38-34(43)46-36(6,7)8)31(40)17-18-32(41)44-28-16-15-27-14-13-26-11-9-10-12-29(26)30(27)23-28/h9-16,23-25H,17-22H2,1-8H3,(H,37,42)(H,38,43). The number of rotatable bonds is 12. The zero-order valence-corrected chi connectivity index (χ0v) is 28.4. The predicted molar refractivity (Wildman–Crippen MR) is 180 cm³/mol. The lowest BCUT2D eigenvalue weighted by molar-refractivity contribution is -0.139. The first-order valence-corrected chi connectivity index (χ1v) is 15.9. The summed E-state index contributed by atoms with van der Waals surface area (Å²) in [7, 11) is 0. The minimum absolute atomic E-state index is 0.0445. The van der Waals surface area contributed by atoms with Crippen LogP contribution < -0.4 is 15.4 Å². The fraction of sp³-hybridized carbons (Fsp3) is 0.500. The molecule has 10 heteroatoms. The number of fused-ring (bicyclic) bond motifs is 3. The van der Waals surface area contributed by atoms with Gasteiger partial charge >= 0.3 is 18.2 Å². The van der Waals surface area contributed by atoms with Crippen LogP contribution in [0.5, 0.6) is 5.75 Å². The highest BCUT2D eigenvalue weighted by Gasteiger charge is 2.22. The van der Waals surface area contributed by atoms with E-state index in [1.165, 1.54) is 0 Å². The van der Waals surface area contributed by atoms with Crippen LogP contribution in [0, 0.1) is 0 Å². The van der Waals surface area contributed by atoms with Gasteiger partial charge in [0, 0.05) is 31.6 Å². The first kappa shape index (κ1) is 36.1. The molecule has 0 saturated carbocycles. The van der Waals surface area contributed by atoms with Crippen LogP contribution in [0.25, 0.3) is 21.5 Å². The summed E-state index contributed by atoms with van der Waals surface area (Å²) in [6.07, 6.45) is -0.268. The molecule has 0 bridgehead atoms. The fourth-order valence-electron chi connectivity index (χ4n) is 4.82. The van der Waals surface area contributed by atoms with Crippen molar-refractivity contribution in [3.8, 4) is 5.75 Å². The molecule has 3 aromatic carbocycles. The molecule has 46 heavy (non-hydrogen) atoms. The zero-order valence-electron chi connectivity index (χ0n) is 28.4. The third kappa shape index (κ3) is 12.2. The van der Waals surface area contributed by atoms with E-state index in [4.69, 9.17) is 14.2 Å². The Kier molecular flexibility index (Phi) is 12.4. The molecule has 2 unspecified atom stereocenters. The Morgan fingerprint density at radius 2 is 1.20 bits per heavy atom. The minimum Gasteiger partial charge on any atom is -0.444 e. The molecule has 0 fully saturated rings. The second kappa shape index (κ2) is 15.8. The first-order chi connectivity index (χ1) is 21.5. The van der Waals surface area contributed by atoms with Gasteiger partial charge in [-0.15, -0.1) is 0 Å². The van der Waals surface area contributed by atoms with E-state index in [0.29, 0.717) is 31.7 Å². The normalized spacial score (nSPS) is 13.0. The van der Waals surface area contributed by atoms with E-state index in [9.17, 15) is 19.2 Å². The van der Waals surface area contributed by atoms with Crippen LogP contribution in [-0.4, -0.2) is 65.3 Å². The number of amides is 3. The summed E-state index contributed by atoms with van der Waals surface area (Å²) in [5.41, 5.74) is -1.25. The molecule has 3 aromatic rings. The molecular formula is C36H49N3O7. The molecular weight excluding hydrogens is 586 g/mol. The van der Waals surface area contributed by atoms with Crippen LogP contribution >= 0.6 is 0 Å². The molecule has 10 nitrogen and oxygen atoms in total. The summed E-state index contributed by atoms with van der Waals surface area (Å²) in [6, 6.07) is 17.1. The van der Waals surface area contributed by atoms with Gasteiger partial charge < -0.3 is 29.7 Å². The zero-order chi connectivity index (χ0) is 34.1. The van der Waals surface area contributed by atoms with Gasteiger partial charge in [-0.3, -0.25) is 9.59 Å². The van der Waals surface area contributed by atoms with Crippen molar-refractivity contribution in [1.82, 2.24) is 15.5 Å². The van der Waals surface area contributed by atoms with Gasteiger partial charge in [-0.2, -0.15) is 0 Å². The van der Waals surface area contributed by atoms with Gasteiger partial charge in [-0.1, -0.05) is 42.5 Å². The van der Waals surface area contributed by atoms with Gasteiger partial charge in [0.15, 0.2) is 0 Å². The first-order valence-electron chi connectivity index (χ1n) is 15.9. The van der Waals surface area contributed by atoms with Gasteiger partial charge in [-0.05, 0) is 102 Å². The summed E-state index contributed by atoms with van der Waals surface area (Å²) in [5, 5.41) is 9.77. The Hall–Kier alpha value is -4.34. The maximum atomic E-state index is 13.4. The lowest BCUT2D eigenvalue weighted by atomic mass is 10.0. The highest BCUT2D eigenvalue weighted by atomic mass is 16.6. The quantitative estimate of drug-likeness (QED) is 0.123. The molecule has 0 aliphatic rings. The summed E-state index contributed by atoms with van der Waals surface area (Å²) in [6.45, 7) is 15.1. The number of hydrogen-bond acceptors (Lipinski definition) is 7. The molecule has 0 aromatic heterocycles. The van der Waals surface area contributed by atoms with Crippen molar-refractivity contribution in [3.63, 3.8) is 0 Å². The molecule has 0 radical (unpaired) electrons. The van der Waals surface area contributed by atoms with Crippen LogP contribution in [0.3, 0.4) is 0 Å². The second-order valence-electron chi connectivity index (χ2n) is 13.7. The number of ether oxygens (including phenoxy) is 3. The smallest absolute Gasteiger partial charge is 0.407 e. The highest BCUT2D eigenvalue weighted by molar-refractivity contribution is 6.08. The van der Waals surface area contributed by atoms with Gasteiger partial charge in [-0.25, -0.2) is 9.59 Å². The molecule has 0 spiro atoms. The van der Waals surface area contributed by atoms with Crippen molar-refractivity contribution in [2.75, 3.05) is 13.1 Å². The van der Waals surface area contributed by atoms with E-state index < -0.39 is 29.4 Å². The fourth-order valence-corrected chi connectivity index (χ4v) is 4.82. The number of benzene rings is 3. The van der Waals surface area contributed by atoms with E-state index in [1.54, 1.807) is 52.5 Å². The summed E-state index contributed by atoms with van der Waals surface area (Å²) in [5.74, 6) is -0.314. The van der Waals surface area contributed by atoms with Gasteiger partial charge in [0.05, 0.1) is 6.42 Å². The maximum Gasteiger partial charge on any atom is 0.407 e. The van der Waals surface area contributed by atoms with Crippen molar-refractivity contribution in [3.05, 3.63) is 54.6 Å². The Morgan fingerprint density at radius 1 is 0.696 bits per heavy atom. The molecule has 2 N–H and O–H groups in total.